The van der Waals surface area contributed by atoms with Crippen LogP contribution in [0.15, 0.2) is 35.3 Å². The molecule has 156 valence electrons. The third kappa shape index (κ3) is 5.01. The molecular weight excluding hydrogens is 374 g/mol. The van der Waals surface area contributed by atoms with Gasteiger partial charge in [0.05, 0.1) is 12.7 Å². The highest BCUT2D eigenvalue weighted by molar-refractivity contribution is 5.77. The molecule has 0 radical (unpaired) electrons. The number of nitrogen functional groups attached to an aromatic ring is 1. The molecule has 8 nitrogen and oxygen atoms in total. The third-order valence-electron chi connectivity index (χ3n) is 5.08. The maximum absolute atomic E-state index is 12.1. The van der Waals surface area contributed by atoms with Gasteiger partial charge in [-0.25, -0.2) is 4.79 Å². The summed E-state index contributed by atoms with van der Waals surface area (Å²) >= 11 is 0. The molecule has 1 heterocycles. The molecule has 1 saturated carbocycles. The number of rotatable bonds is 6. The number of nitrogens with zero attached hydrogens (tertiary/aromatic N) is 1. The Morgan fingerprint density at radius 3 is 2.59 bits per heavy atom. The SMILES string of the molecule is CCOc1cc(=O)n(C)cc1-c1cc(N)ccc1OC1CCC(NC(=O)O)CC1. The number of ether oxygens (including phenoxy) is 2. The number of benzene rings is 1. The summed E-state index contributed by atoms with van der Waals surface area (Å²) in [6.07, 6.45) is 3.67. The van der Waals surface area contributed by atoms with E-state index >= 15 is 0 Å². The van der Waals surface area contributed by atoms with Gasteiger partial charge in [-0.2, -0.15) is 0 Å². The Balaban J connectivity index is 1.87. The van der Waals surface area contributed by atoms with Gasteiger partial charge in [0.2, 0.25) is 0 Å². The van der Waals surface area contributed by atoms with E-state index in [0.717, 1.165) is 36.8 Å². The number of nitrogens with two attached hydrogens (primary N) is 1. The minimum Gasteiger partial charge on any atom is -0.493 e. The fraction of sp³-hybridized carbons (Fsp3) is 0.429. The highest BCUT2D eigenvalue weighted by Crippen LogP contribution is 2.38. The fourth-order valence-corrected chi connectivity index (χ4v) is 3.63. The zero-order valence-corrected chi connectivity index (χ0v) is 16.7. The van der Waals surface area contributed by atoms with Crippen LogP contribution >= 0.6 is 0 Å². The van der Waals surface area contributed by atoms with Gasteiger partial charge in [0.15, 0.2) is 0 Å². The lowest BCUT2D eigenvalue weighted by molar-refractivity contribution is 0.135. The summed E-state index contributed by atoms with van der Waals surface area (Å²) in [6.45, 7) is 2.29. The van der Waals surface area contributed by atoms with E-state index in [9.17, 15) is 9.59 Å². The average Bonchev–Trinajstić information content (AvgIpc) is 2.67. The second-order valence-corrected chi connectivity index (χ2v) is 7.23. The van der Waals surface area contributed by atoms with E-state index in [1.54, 1.807) is 19.3 Å². The van der Waals surface area contributed by atoms with Crippen molar-refractivity contribution in [1.29, 1.82) is 0 Å². The standard InChI is InChI=1S/C21H27N3O5/c1-3-28-19-11-20(25)24(2)12-17(19)16-10-13(22)4-9-18(16)29-15-7-5-14(6-8-15)23-21(26)27/h4,9-12,14-15,23H,3,5-8,22H2,1-2H3,(H,26,27). The van der Waals surface area contributed by atoms with Crippen molar-refractivity contribution in [3.63, 3.8) is 0 Å². The van der Waals surface area contributed by atoms with Crippen LogP contribution in [-0.4, -0.2) is 34.5 Å². The molecule has 8 heteroatoms. The lowest BCUT2D eigenvalue weighted by Crippen LogP contribution is -2.38. The molecule has 0 atom stereocenters. The van der Waals surface area contributed by atoms with E-state index in [1.807, 2.05) is 19.1 Å². The number of amides is 1. The van der Waals surface area contributed by atoms with E-state index in [0.29, 0.717) is 23.8 Å². The monoisotopic (exact) mass is 401 g/mol. The van der Waals surface area contributed by atoms with Crippen molar-refractivity contribution >= 4 is 11.8 Å². The van der Waals surface area contributed by atoms with Crippen molar-refractivity contribution in [3.8, 4) is 22.6 Å². The Labute approximate surface area is 169 Å². The fourth-order valence-electron chi connectivity index (χ4n) is 3.63. The zero-order chi connectivity index (χ0) is 21.0. The van der Waals surface area contributed by atoms with E-state index in [4.69, 9.17) is 20.3 Å². The Kier molecular flexibility index (Phi) is 6.31. The highest BCUT2D eigenvalue weighted by Gasteiger charge is 2.25. The minimum atomic E-state index is -0.992. The molecule has 1 amide bonds. The first-order valence-electron chi connectivity index (χ1n) is 9.77. The number of pyridine rings is 1. The average molecular weight is 401 g/mol. The highest BCUT2D eigenvalue weighted by atomic mass is 16.5. The third-order valence-corrected chi connectivity index (χ3v) is 5.08. The van der Waals surface area contributed by atoms with Crippen molar-refractivity contribution in [2.75, 3.05) is 12.3 Å². The Hall–Kier alpha value is -3.16. The van der Waals surface area contributed by atoms with Gasteiger partial charge in [0.1, 0.15) is 11.5 Å². The number of aromatic nitrogens is 1. The van der Waals surface area contributed by atoms with E-state index in [1.165, 1.54) is 10.6 Å². The molecule has 0 aliphatic heterocycles. The van der Waals surface area contributed by atoms with Gasteiger partial charge in [0.25, 0.3) is 5.56 Å². The number of hydrogen-bond donors (Lipinski definition) is 3. The summed E-state index contributed by atoms with van der Waals surface area (Å²) in [5.41, 5.74) is 7.94. The largest absolute Gasteiger partial charge is 0.493 e. The molecule has 0 unspecified atom stereocenters. The lowest BCUT2D eigenvalue weighted by atomic mass is 9.93. The molecule has 1 aromatic heterocycles. The van der Waals surface area contributed by atoms with Gasteiger partial charge in [-0.1, -0.05) is 0 Å². The Morgan fingerprint density at radius 2 is 1.93 bits per heavy atom. The first kappa shape index (κ1) is 20.6. The Bertz CT molecular complexity index is 932. The zero-order valence-electron chi connectivity index (χ0n) is 16.7. The molecule has 29 heavy (non-hydrogen) atoms. The van der Waals surface area contributed by atoms with Crippen molar-refractivity contribution in [1.82, 2.24) is 9.88 Å². The second-order valence-electron chi connectivity index (χ2n) is 7.23. The number of anilines is 1. The molecule has 1 aromatic carbocycles. The van der Waals surface area contributed by atoms with Gasteiger partial charge in [-0.15, -0.1) is 0 Å². The van der Waals surface area contributed by atoms with Crippen LogP contribution in [-0.2, 0) is 7.05 Å². The minimum absolute atomic E-state index is 0.0210. The number of carbonyl (C=O) groups is 1. The van der Waals surface area contributed by atoms with E-state index in [-0.39, 0.29) is 17.7 Å². The van der Waals surface area contributed by atoms with Crippen molar-refractivity contribution in [3.05, 3.63) is 40.8 Å². The van der Waals surface area contributed by atoms with Gasteiger partial charge in [0, 0.05) is 42.2 Å². The predicted molar refractivity (Wildman–Crippen MR) is 111 cm³/mol. The van der Waals surface area contributed by atoms with E-state index in [2.05, 4.69) is 5.32 Å². The normalized spacial score (nSPS) is 18.8. The van der Waals surface area contributed by atoms with Crippen LogP contribution < -0.4 is 26.1 Å². The van der Waals surface area contributed by atoms with Gasteiger partial charge >= 0.3 is 6.09 Å². The molecule has 1 aliphatic rings. The number of hydrogen-bond acceptors (Lipinski definition) is 5. The summed E-state index contributed by atoms with van der Waals surface area (Å²) in [6, 6.07) is 6.85. The number of aryl methyl sites for hydroxylation is 1. The smallest absolute Gasteiger partial charge is 0.404 e. The van der Waals surface area contributed by atoms with Crippen LogP contribution in [0.5, 0.6) is 11.5 Å². The second kappa shape index (κ2) is 8.89. The molecule has 4 N–H and O–H groups in total. The van der Waals surface area contributed by atoms with Crippen molar-refractivity contribution < 1.29 is 19.4 Å². The van der Waals surface area contributed by atoms with Crippen LogP contribution in [0.25, 0.3) is 11.1 Å². The summed E-state index contributed by atoms with van der Waals surface area (Å²) in [7, 11) is 1.69. The number of nitrogens with one attached hydrogen (secondary N) is 1. The topological polar surface area (TPSA) is 116 Å². The maximum Gasteiger partial charge on any atom is 0.404 e. The molecule has 0 saturated heterocycles. The van der Waals surface area contributed by atoms with Crippen LogP contribution in [0.1, 0.15) is 32.6 Å². The summed E-state index contributed by atoms with van der Waals surface area (Å²) in [5.74, 6) is 1.15. The van der Waals surface area contributed by atoms with Crippen LogP contribution in [0.2, 0.25) is 0 Å². The van der Waals surface area contributed by atoms with Gasteiger partial charge < -0.3 is 30.2 Å². The van der Waals surface area contributed by atoms with Crippen molar-refractivity contribution in [2.45, 2.75) is 44.8 Å². The first-order valence-corrected chi connectivity index (χ1v) is 9.77. The maximum atomic E-state index is 12.1. The van der Waals surface area contributed by atoms with Gasteiger partial charge in [-0.05, 0) is 50.8 Å². The Morgan fingerprint density at radius 1 is 1.21 bits per heavy atom. The molecule has 0 bridgehead atoms. The first-order chi connectivity index (χ1) is 13.9. The van der Waals surface area contributed by atoms with E-state index < -0.39 is 6.09 Å². The lowest BCUT2D eigenvalue weighted by Gasteiger charge is -2.29. The number of carboxylic acid groups (broad SMARTS) is 1. The van der Waals surface area contributed by atoms with Crippen LogP contribution in [0, 0.1) is 0 Å². The summed E-state index contributed by atoms with van der Waals surface area (Å²) in [4.78, 5) is 22.9. The molecule has 1 fully saturated rings. The molecular formula is C21H27N3O5. The summed E-state index contributed by atoms with van der Waals surface area (Å²) < 4.78 is 13.5. The predicted octanol–water partition coefficient (Wildman–Crippen LogP) is 2.99. The van der Waals surface area contributed by atoms with Gasteiger partial charge in [-0.3, -0.25) is 4.79 Å². The molecule has 0 spiro atoms. The molecule has 1 aliphatic carbocycles. The van der Waals surface area contributed by atoms with Crippen LogP contribution in [0.3, 0.4) is 0 Å². The molecule has 3 rings (SSSR count). The van der Waals surface area contributed by atoms with Crippen molar-refractivity contribution in [2.24, 2.45) is 7.05 Å². The summed E-state index contributed by atoms with van der Waals surface area (Å²) in [5, 5.41) is 11.4. The quantitative estimate of drug-likeness (QED) is 0.641. The molecule has 2 aromatic rings. The van der Waals surface area contributed by atoms with Crippen LogP contribution in [0.4, 0.5) is 10.5 Å².